The molecule has 20 heavy (non-hydrogen) atoms. The van der Waals surface area contributed by atoms with E-state index in [0.717, 1.165) is 31.5 Å². The molecule has 1 heterocycles. The molecule has 1 aromatic carbocycles. The first kappa shape index (κ1) is 13.6. The zero-order chi connectivity index (χ0) is 13.9. The van der Waals surface area contributed by atoms with Crippen LogP contribution >= 0.6 is 0 Å². The van der Waals surface area contributed by atoms with E-state index in [-0.39, 0.29) is 17.8 Å². The predicted octanol–water partition coefficient (Wildman–Crippen LogP) is 2.19. The SMILES string of the molecule is O=C(CCC1CCNC1)NC1CC1c1cccc(F)c1. The molecule has 3 atom stereocenters. The summed E-state index contributed by atoms with van der Waals surface area (Å²) >= 11 is 0. The Labute approximate surface area is 118 Å². The summed E-state index contributed by atoms with van der Waals surface area (Å²) in [5.41, 5.74) is 0.996. The summed E-state index contributed by atoms with van der Waals surface area (Å²) < 4.78 is 13.1. The van der Waals surface area contributed by atoms with E-state index in [1.807, 2.05) is 6.07 Å². The van der Waals surface area contributed by atoms with Gasteiger partial charge in [0.25, 0.3) is 0 Å². The summed E-state index contributed by atoms with van der Waals surface area (Å²) in [5, 5.41) is 6.38. The smallest absolute Gasteiger partial charge is 0.220 e. The number of benzene rings is 1. The van der Waals surface area contributed by atoms with Gasteiger partial charge in [0.15, 0.2) is 0 Å². The average molecular weight is 276 g/mol. The highest BCUT2D eigenvalue weighted by Crippen LogP contribution is 2.40. The van der Waals surface area contributed by atoms with Crippen LogP contribution in [0.4, 0.5) is 4.39 Å². The van der Waals surface area contributed by atoms with Gasteiger partial charge in [0.2, 0.25) is 5.91 Å². The van der Waals surface area contributed by atoms with Crippen molar-refractivity contribution < 1.29 is 9.18 Å². The van der Waals surface area contributed by atoms with Crippen molar-refractivity contribution in [1.82, 2.24) is 10.6 Å². The summed E-state index contributed by atoms with van der Waals surface area (Å²) in [6, 6.07) is 6.89. The minimum atomic E-state index is -0.201. The molecule has 3 rings (SSSR count). The topological polar surface area (TPSA) is 41.1 Å². The molecule has 2 N–H and O–H groups in total. The summed E-state index contributed by atoms with van der Waals surface area (Å²) in [6.45, 7) is 2.12. The van der Waals surface area contributed by atoms with E-state index >= 15 is 0 Å². The van der Waals surface area contributed by atoms with E-state index in [4.69, 9.17) is 0 Å². The van der Waals surface area contributed by atoms with Crippen LogP contribution in [-0.4, -0.2) is 25.0 Å². The Morgan fingerprint density at radius 1 is 1.45 bits per heavy atom. The van der Waals surface area contributed by atoms with E-state index in [2.05, 4.69) is 10.6 Å². The first-order valence-corrected chi connectivity index (χ1v) is 7.48. The van der Waals surface area contributed by atoms with Crippen molar-refractivity contribution in [3.8, 4) is 0 Å². The fourth-order valence-corrected chi connectivity index (χ4v) is 3.04. The van der Waals surface area contributed by atoms with Gasteiger partial charge in [-0.1, -0.05) is 12.1 Å². The third-order valence-electron chi connectivity index (χ3n) is 4.36. The quantitative estimate of drug-likeness (QED) is 0.865. The molecule has 3 unspecified atom stereocenters. The normalized spacial score (nSPS) is 28.4. The molecule has 3 nitrogen and oxygen atoms in total. The van der Waals surface area contributed by atoms with E-state index in [1.165, 1.54) is 12.5 Å². The van der Waals surface area contributed by atoms with Crippen molar-refractivity contribution in [2.24, 2.45) is 5.92 Å². The highest BCUT2D eigenvalue weighted by Gasteiger charge is 2.39. The minimum Gasteiger partial charge on any atom is -0.353 e. The molecule has 0 bridgehead atoms. The molecule has 2 fully saturated rings. The number of hydrogen-bond acceptors (Lipinski definition) is 2. The lowest BCUT2D eigenvalue weighted by molar-refractivity contribution is -0.121. The second-order valence-corrected chi connectivity index (χ2v) is 5.97. The Morgan fingerprint density at radius 2 is 2.35 bits per heavy atom. The molecule has 108 valence electrons. The van der Waals surface area contributed by atoms with Gasteiger partial charge in [-0.15, -0.1) is 0 Å². The third-order valence-corrected chi connectivity index (χ3v) is 4.36. The molecule has 1 saturated carbocycles. The second-order valence-electron chi connectivity index (χ2n) is 5.97. The molecule has 1 aliphatic heterocycles. The van der Waals surface area contributed by atoms with Gasteiger partial charge in [-0.2, -0.15) is 0 Å². The van der Waals surface area contributed by atoms with E-state index in [1.54, 1.807) is 12.1 Å². The molecular formula is C16H21FN2O. The van der Waals surface area contributed by atoms with Crippen LogP contribution in [0.15, 0.2) is 24.3 Å². The number of halogens is 1. The molecule has 1 saturated heterocycles. The maximum absolute atomic E-state index is 13.1. The molecule has 0 radical (unpaired) electrons. The molecule has 1 aromatic rings. The zero-order valence-corrected chi connectivity index (χ0v) is 11.6. The van der Waals surface area contributed by atoms with Crippen LogP contribution < -0.4 is 10.6 Å². The number of amides is 1. The monoisotopic (exact) mass is 276 g/mol. The van der Waals surface area contributed by atoms with Crippen molar-refractivity contribution in [1.29, 1.82) is 0 Å². The minimum absolute atomic E-state index is 0.140. The molecule has 0 spiro atoms. The van der Waals surface area contributed by atoms with Crippen LogP contribution in [-0.2, 0) is 4.79 Å². The predicted molar refractivity (Wildman–Crippen MR) is 75.9 cm³/mol. The fraction of sp³-hybridized carbons (Fsp3) is 0.562. The molecule has 1 aliphatic carbocycles. The number of carbonyl (C=O) groups excluding carboxylic acids is 1. The molecule has 0 aromatic heterocycles. The van der Waals surface area contributed by atoms with Gasteiger partial charge in [-0.25, -0.2) is 4.39 Å². The Morgan fingerprint density at radius 3 is 3.10 bits per heavy atom. The number of rotatable bonds is 5. The first-order valence-electron chi connectivity index (χ1n) is 7.48. The molecule has 4 heteroatoms. The van der Waals surface area contributed by atoms with Gasteiger partial charge in [-0.05, 0) is 56.0 Å². The Balaban J connectivity index is 1.42. The van der Waals surface area contributed by atoms with Crippen molar-refractivity contribution in [3.05, 3.63) is 35.6 Å². The van der Waals surface area contributed by atoms with Crippen LogP contribution in [0.5, 0.6) is 0 Å². The number of carbonyl (C=O) groups is 1. The Kier molecular flexibility index (Phi) is 4.01. The van der Waals surface area contributed by atoms with Crippen molar-refractivity contribution >= 4 is 5.91 Å². The van der Waals surface area contributed by atoms with E-state index in [0.29, 0.717) is 18.3 Å². The van der Waals surface area contributed by atoms with Gasteiger partial charge < -0.3 is 10.6 Å². The molecule has 1 amide bonds. The number of hydrogen-bond donors (Lipinski definition) is 2. The summed E-state index contributed by atoms with van der Waals surface area (Å²) in [7, 11) is 0. The zero-order valence-electron chi connectivity index (χ0n) is 11.6. The van der Waals surface area contributed by atoms with Crippen LogP contribution in [0.3, 0.4) is 0 Å². The highest BCUT2D eigenvalue weighted by molar-refractivity contribution is 5.76. The van der Waals surface area contributed by atoms with Crippen LogP contribution in [0.1, 0.15) is 37.2 Å². The maximum Gasteiger partial charge on any atom is 0.220 e. The summed E-state index contributed by atoms with van der Waals surface area (Å²) in [4.78, 5) is 11.9. The summed E-state index contributed by atoms with van der Waals surface area (Å²) in [6.07, 6.45) is 3.69. The third kappa shape index (κ3) is 3.37. The summed E-state index contributed by atoms with van der Waals surface area (Å²) in [5.74, 6) is 0.885. The van der Waals surface area contributed by atoms with Crippen molar-refractivity contribution in [2.45, 2.75) is 37.6 Å². The van der Waals surface area contributed by atoms with Crippen LogP contribution in [0.25, 0.3) is 0 Å². The van der Waals surface area contributed by atoms with Gasteiger partial charge in [-0.3, -0.25) is 4.79 Å². The maximum atomic E-state index is 13.1. The van der Waals surface area contributed by atoms with Gasteiger partial charge in [0.05, 0.1) is 0 Å². The number of nitrogens with one attached hydrogen (secondary N) is 2. The van der Waals surface area contributed by atoms with Crippen LogP contribution in [0.2, 0.25) is 0 Å². The van der Waals surface area contributed by atoms with Gasteiger partial charge in [0.1, 0.15) is 5.82 Å². The molecule has 2 aliphatic rings. The van der Waals surface area contributed by atoms with Crippen LogP contribution in [0, 0.1) is 11.7 Å². The largest absolute Gasteiger partial charge is 0.353 e. The van der Waals surface area contributed by atoms with Crippen molar-refractivity contribution in [3.63, 3.8) is 0 Å². The second kappa shape index (κ2) is 5.92. The van der Waals surface area contributed by atoms with E-state index in [9.17, 15) is 9.18 Å². The standard InChI is InChI=1S/C16H21FN2O/c17-13-3-1-2-12(8-13)14-9-15(14)19-16(20)5-4-11-6-7-18-10-11/h1-3,8,11,14-15,18H,4-7,9-10H2,(H,19,20). The highest BCUT2D eigenvalue weighted by atomic mass is 19.1. The average Bonchev–Trinajstić information content (AvgIpc) is 2.99. The Hall–Kier alpha value is -1.42. The van der Waals surface area contributed by atoms with E-state index < -0.39 is 0 Å². The molecular weight excluding hydrogens is 255 g/mol. The lowest BCUT2D eigenvalue weighted by atomic mass is 10.0. The lowest BCUT2D eigenvalue weighted by Gasteiger charge is -2.08. The Bertz CT molecular complexity index is 485. The first-order chi connectivity index (χ1) is 9.72. The lowest BCUT2D eigenvalue weighted by Crippen LogP contribution is -2.27. The van der Waals surface area contributed by atoms with Gasteiger partial charge in [0, 0.05) is 18.4 Å². The fourth-order valence-electron chi connectivity index (χ4n) is 3.04. The van der Waals surface area contributed by atoms with Gasteiger partial charge >= 0.3 is 0 Å². The van der Waals surface area contributed by atoms with Crippen molar-refractivity contribution in [2.75, 3.05) is 13.1 Å².